The number of nitrogens with one attached hydrogen (secondary N) is 1. The molecule has 3 heterocycles. The normalized spacial score (nSPS) is 28.9. The van der Waals surface area contributed by atoms with Crippen LogP contribution in [0, 0.1) is 11.8 Å². The summed E-state index contributed by atoms with van der Waals surface area (Å²) in [5, 5.41) is 28.9. The number of ether oxygens (including phenoxy) is 5. The van der Waals surface area contributed by atoms with Gasteiger partial charge in [-0.25, -0.2) is 0 Å². The zero-order chi connectivity index (χ0) is 32.4. The largest absolute Gasteiger partial charge is 0.497 e. The highest BCUT2D eigenvalue weighted by atomic mass is 16.7. The van der Waals surface area contributed by atoms with E-state index in [-0.39, 0.29) is 41.4 Å². The number of aliphatic hydroxyl groups is 2. The minimum Gasteiger partial charge on any atom is -0.497 e. The fourth-order valence-corrected chi connectivity index (χ4v) is 7.78. The monoisotopic (exact) mass is 630 g/mol. The predicted molar refractivity (Wildman–Crippen MR) is 165 cm³/mol. The summed E-state index contributed by atoms with van der Waals surface area (Å²) in [5.41, 5.74) is -2.55. The van der Waals surface area contributed by atoms with Gasteiger partial charge in [-0.3, -0.25) is 9.59 Å². The maximum atomic E-state index is 15.1. The van der Waals surface area contributed by atoms with Gasteiger partial charge < -0.3 is 44.1 Å². The maximum absolute atomic E-state index is 15.1. The van der Waals surface area contributed by atoms with Crippen LogP contribution in [0.15, 0.2) is 60.7 Å². The summed E-state index contributed by atoms with van der Waals surface area (Å²) in [5.74, 6) is -1.54. The summed E-state index contributed by atoms with van der Waals surface area (Å²) < 4.78 is 29.6. The Morgan fingerprint density at radius 2 is 1.76 bits per heavy atom. The van der Waals surface area contributed by atoms with E-state index in [9.17, 15) is 15.0 Å². The molecule has 3 aromatic rings. The van der Waals surface area contributed by atoms with Crippen LogP contribution in [-0.2, 0) is 20.8 Å². The summed E-state index contributed by atoms with van der Waals surface area (Å²) >= 11 is 0. The summed E-state index contributed by atoms with van der Waals surface area (Å²) in [7, 11) is 2.99. The number of aliphatic hydroxyl groups excluding tert-OH is 1. The highest BCUT2D eigenvalue weighted by Gasteiger charge is 2.77. The Balaban J connectivity index is 1.49. The Hall–Kier alpha value is -4.48. The van der Waals surface area contributed by atoms with Crippen LogP contribution in [0.5, 0.6) is 28.7 Å². The van der Waals surface area contributed by atoms with Gasteiger partial charge in [-0.05, 0) is 36.1 Å². The Morgan fingerprint density at radius 1 is 1.02 bits per heavy atom. The van der Waals surface area contributed by atoms with Gasteiger partial charge in [-0.2, -0.15) is 0 Å². The Bertz CT molecular complexity index is 1660. The molecule has 2 bridgehead atoms. The van der Waals surface area contributed by atoms with Gasteiger partial charge in [0.1, 0.15) is 29.4 Å². The third-order valence-electron chi connectivity index (χ3n) is 9.89. The summed E-state index contributed by atoms with van der Waals surface area (Å²) in [6.45, 7) is 3.89. The molecular formula is C35H38N2O9. The lowest BCUT2D eigenvalue weighted by molar-refractivity contribution is -0.167. The highest BCUT2D eigenvalue weighted by molar-refractivity contribution is 5.86. The first kappa shape index (κ1) is 30.2. The minimum absolute atomic E-state index is 0.0702. The number of nitrogens with zero attached hydrogens (tertiary/aromatic N) is 1. The standard InChI is InChI=1S/C35H38N2O9/c1-19(2)31(38)36-25-11-8-16-37(25)32(39)28-26(20-9-6-5-7-10-20)35(21-12-14-22(42-3)15-13-21)33(40)34(28,41)27-23(46-35)17-24-29(30(27)43-4)45-18-44-24/h5-7,9-10,12-15,17,19,25-26,28,33,40-41H,8,11,16,18H2,1-4H3,(H,36,38)/t25-,26+,28-,33?,34-,35-/m0/s1. The van der Waals surface area contributed by atoms with Crippen molar-refractivity contribution in [2.45, 2.75) is 56.1 Å². The second-order valence-electron chi connectivity index (χ2n) is 12.6. The molecule has 2 fully saturated rings. The Labute approximate surface area is 267 Å². The second kappa shape index (κ2) is 11.1. The van der Waals surface area contributed by atoms with E-state index in [1.54, 1.807) is 56.2 Å². The van der Waals surface area contributed by atoms with Gasteiger partial charge in [-0.15, -0.1) is 0 Å². The van der Waals surface area contributed by atoms with Crippen molar-refractivity contribution < 1.29 is 43.5 Å². The number of benzene rings is 3. The maximum Gasteiger partial charge on any atom is 0.231 e. The number of methoxy groups -OCH3 is 2. The van der Waals surface area contributed by atoms with Crippen molar-refractivity contribution in [2.24, 2.45) is 11.8 Å². The van der Waals surface area contributed by atoms with Crippen LogP contribution in [-0.4, -0.2) is 66.8 Å². The molecular weight excluding hydrogens is 592 g/mol. The van der Waals surface area contributed by atoms with Crippen LogP contribution >= 0.6 is 0 Å². The van der Waals surface area contributed by atoms with Gasteiger partial charge in [0, 0.05) is 24.4 Å². The molecule has 11 heteroatoms. The highest BCUT2D eigenvalue weighted by Crippen LogP contribution is 2.70. The van der Waals surface area contributed by atoms with Crippen LogP contribution in [0.3, 0.4) is 0 Å². The molecule has 6 atom stereocenters. The van der Waals surface area contributed by atoms with Gasteiger partial charge in [0.15, 0.2) is 17.1 Å². The van der Waals surface area contributed by atoms with Crippen molar-refractivity contribution in [3.8, 4) is 28.7 Å². The minimum atomic E-state index is -2.23. The van der Waals surface area contributed by atoms with E-state index in [0.29, 0.717) is 42.0 Å². The SMILES string of the molecule is COc1ccc([C@@]23Oc4cc5c(c(OC)c4[C@@](O)(C2O)[C@H](C(=O)N2CCC[C@H]2NC(=O)C(C)C)[C@H]3c2ccccc2)OCO5)cc1. The van der Waals surface area contributed by atoms with Crippen molar-refractivity contribution >= 4 is 11.8 Å². The molecule has 4 aliphatic rings. The Kier molecular flexibility index (Phi) is 7.28. The molecule has 1 saturated heterocycles. The average Bonchev–Trinajstić information content (AvgIpc) is 3.76. The summed E-state index contributed by atoms with van der Waals surface area (Å²) in [6, 6.07) is 18.0. The lowest BCUT2D eigenvalue weighted by atomic mass is 9.75. The van der Waals surface area contributed by atoms with E-state index in [1.165, 1.54) is 7.11 Å². The zero-order valence-electron chi connectivity index (χ0n) is 26.2. The number of likely N-dealkylation sites (tertiary alicyclic amines) is 1. The van der Waals surface area contributed by atoms with Crippen LogP contribution in [0.4, 0.5) is 0 Å². The Morgan fingerprint density at radius 3 is 2.43 bits per heavy atom. The van der Waals surface area contributed by atoms with Crippen LogP contribution in [0.2, 0.25) is 0 Å². The van der Waals surface area contributed by atoms with Crippen molar-refractivity contribution in [3.63, 3.8) is 0 Å². The number of hydrogen-bond acceptors (Lipinski definition) is 9. The van der Waals surface area contributed by atoms with Crippen molar-refractivity contribution in [1.29, 1.82) is 0 Å². The van der Waals surface area contributed by atoms with E-state index < -0.39 is 41.2 Å². The molecule has 1 aliphatic carbocycles. The van der Waals surface area contributed by atoms with Gasteiger partial charge in [0.2, 0.25) is 24.4 Å². The first-order chi connectivity index (χ1) is 22.2. The number of carbonyl (C=O) groups excluding carboxylic acids is 2. The van der Waals surface area contributed by atoms with Gasteiger partial charge in [0.25, 0.3) is 0 Å². The molecule has 0 spiro atoms. The smallest absolute Gasteiger partial charge is 0.231 e. The summed E-state index contributed by atoms with van der Waals surface area (Å²) in [4.78, 5) is 29.6. The third-order valence-corrected chi connectivity index (χ3v) is 9.89. The topological polar surface area (TPSA) is 136 Å². The van der Waals surface area contributed by atoms with Gasteiger partial charge >= 0.3 is 0 Å². The van der Waals surface area contributed by atoms with Crippen LogP contribution in [0.25, 0.3) is 0 Å². The van der Waals surface area contributed by atoms with E-state index in [1.807, 2.05) is 30.3 Å². The predicted octanol–water partition coefficient (Wildman–Crippen LogP) is 3.40. The van der Waals surface area contributed by atoms with Crippen LogP contribution in [0.1, 0.15) is 49.3 Å². The average molecular weight is 631 g/mol. The van der Waals surface area contributed by atoms with Crippen molar-refractivity contribution in [1.82, 2.24) is 10.2 Å². The zero-order valence-corrected chi connectivity index (χ0v) is 26.2. The fourth-order valence-electron chi connectivity index (χ4n) is 7.78. The molecule has 46 heavy (non-hydrogen) atoms. The molecule has 242 valence electrons. The second-order valence-corrected chi connectivity index (χ2v) is 12.6. The number of carbonyl (C=O) groups is 2. The van der Waals surface area contributed by atoms with Gasteiger partial charge in [-0.1, -0.05) is 56.3 Å². The summed E-state index contributed by atoms with van der Waals surface area (Å²) in [6.07, 6.45) is -0.999. The number of hydrogen-bond donors (Lipinski definition) is 3. The number of fused-ring (bicyclic) bond motifs is 5. The lowest BCUT2D eigenvalue weighted by Gasteiger charge is -2.45. The number of rotatable bonds is 7. The first-order valence-electron chi connectivity index (χ1n) is 15.6. The molecule has 0 aromatic heterocycles. The molecule has 0 radical (unpaired) electrons. The van der Waals surface area contributed by atoms with E-state index in [4.69, 9.17) is 23.7 Å². The molecule has 7 rings (SSSR count). The third kappa shape index (κ3) is 4.17. The molecule has 11 nitrogen and oxygen atoms in total. The quantitative estimate of drug-likeness (QED) is 0.359. The fraction of sp³-hybridized carbons (Fsp3) is 0.429. The number of amides is 2. The molecule has 1 saturated carbocycles. The van der Waals surface area contributed by atoms with Crippen LogP contribution < -0.4 is 29.0 Å². The first-order valence-corrected chi connectivity index (χ1v) is 15.6. The molecule has 2 amide bonds. The lowest BCUT2D eigenvalue weighted by Crippen LogP contribution is -2.56. The van der Waals surface area contributed by atoms with E-state index in [2.05, 4.69) is 5.32 Å². The molecule has 3 aromatic carbocycles. The van der Waals surface area contributed by atoms with E-state index >= 15 is 4.79 Å². The molecule has 1 unspecified atom stereocenters. The molecule has 3 N–H and O–H groups in total. The van der Waals surface area contributed by atoms with Crippen molar-refractivity contribution in [2.75, 3.05) is 27.6 Å². The van der Waals surface area contributed by atoms with Crippen molar-refractivity contribution in [3.05, 3.63) is 77.4 Å². The molecule has 3 aliphatic heterocycles. The van der Waals surface area contributed by atoms with Gasteiger partial charge in [0.05, 0.1) is 25.7 Å². The van der Waals surface area contributed by atoms with E-state index in [0.717, 1.165) is 0 Å².